The quantitative estimate of drug-likeness (QED) is 0.315. The zero-order valence-corrected chi connectivity index (χ0v) is 17.2. The summed E-state index contributed by atoms with van der Waals surface area (Å²) >= 11 is 0. The van der Waals surface area contributed by atoms with Gasteiger partial charge in [0.25, 0.3) is 6.47 Å². The van der Waals surface area contributed by atoms with Gasteiger partial charge in [-0.05, 0) is 13.3 Å². The lowest BCUT2D eigenvalue weighted by Gasteiger charge is -2.08. The summed E-state index contributed by atoms with van der Waals surface area (Å²) in [4.78, 5) is 41.7. The van der Waals surface area contributed by atoms with Crippen LogP contribution in [-0.4, -0.2) is 68.7 Å². The molecule has 0 aliphatic heterocycles. The Balaban J connectivity index is -0.00000104. The monoisotopic (exact) mass is 392 g/mol. The van der Waals surface area contributed by atoms with Crippen LogP contribution in [0.5, 0.6) is 0 Å². The van der Waals surface area contributed by atoms with E-state index in [2.05, 4.69) is 10.6 Å². The molecule has 0 rings (SSSR count). The molecule has 27 heavy (non-hydrogen) atoms. The Hall–Kier alpha value is -2.00. The zero-order valence-electron chi connectivity index (χ0n) is 17.2. The third-order valence-corrected chi connectivity index (χ3v) is 2.65. The molecule has 0 aliphatic carbocycles. The number of rotatable bonds is 13. The summed E-state index contributed by atoms with van der Waals surface area (Å²) in [6.07, 6.45) is 0.990. The molecule has 2 amide bonds. The van der Waals surface area contributed by atoms with Crippen molar-refractivity contribution >= 4 is 24.1 Å². The predicted molar refractivity (Wildman–Crippen MR) is 102 cm³/mol. The summed E-state index contributed by atoms with van der Waals surface area (Å²) in [5.41, 5.74) is 0. The van der Waals surface area contributed by atoms with Gasteiger partial charge in [0.1, 0.15) is 6.61 Å². The average Bonchev–Trinajstić information content (AvgIpc) is 2.62. The first-order valence-corrected chi connectivity index (χ1v) is 9.12. The van der Waals surface area contributed by atoms with Gasteiger partial charge in [0.05, 0.1) is 19.8 Å². The highest BCUT2D eigenvalue weighted by molar-refractivity contribution is 5.78. The minimum Gasteiger partial charge on any atom is -0.483 e. The van der Waals surface area contributed by atoms with Gasteiger partial charge in [0.15, 0.2) is 5.78 Å². The van der Waals surface area contributed by atoms with Crippen LogP contribution in [0, 0.1) is 5.92 Å². The molecule has 3 N–H and O–H groups in total. The molecule has 0 aliphatic rings. The molecule has 9 heteroatoms. The maximum absolute atomic E-state index is 11.5. The van der Waals surface area contributed by atoms with Crippen molar-refractivity contribution < 1.29 is 33.8 Å². The SMILES string of the molecule is CC.CC(=O)COCCOCCNC(=O)CCCNC(=O)C(C)C.O=CO. The predicted octanol–water partition coefficient (Wildman–Crippen LogP) is 1.00. The van der Waals surface area contributed by atoms with Crippen LogP contribution >= 0.6 is 0 Å². The van der Waals surface area contributed by atoms with E-state index in [1.807, 2.05) is 27.7 Å². The maximum atomic E-state index is 11.5. The van der Waals surface area contributed by atoms with Crippen molar-refractivity contribution in [3.05, 3.63) is 0 Å². The topological polar surface area (TPSA) is 131 Å². The van der Waals surface area contributed by atoms with Crippen LogP contribution in [0.25, 0.3) is 0 Å². The third-order valence-electron chi connectivity index (χ3n) is 2.65. The summed E-state index contributed by atoms with van der Waals surface area (Å²) in [7, 11) is 0. The Morgan fingerprint density at radius 3 is 2.07 bits per heavy atom. The van der Waals surface area contributed by atoms with Gasteiger partial charge >= 0.3 is 0 Å². The van der Waals surface area contributed by atoms with E-state index in [4.69, 9.17) is 19.4 Å². The molecular formula is C18H36N2O7. The van der Waals surface area contributed by atoms with Crippen molar-refractivity contribution in [3.63, 3.8) is 0 Å². The van der Waals surface area contributed by atoms with Crippen molar-refractivity contribution in [2.75, 3.05) is 39.5 Å². The lowest BCUT2D eigenvalue weighted by Crippen LogP contribution is -2.31. The number of ether oxygens (including phenoxy) is 2. The van der Waals surface area contributed by atoms with E-state index < -0.39 is 0 Å². The Labute approximate surface area is 162 Å². The summed E-state index contributed by atoms with van der Waals surface area (Å²) in [6.45, 7) is 11.1. The molecule has 0 saturated heterocycles. The van der Waals surface area contributed by atoms with Crippen LogP contribution < -0.4 is 10.6 Å². The van der Waals surface area contributed by atoms with Gasteiger partial charge in [0.2, 0.25) is 11.8 Å². The largest absolute Gasteiger partial charge is 0.483 e. The fourth-order valence-corrected chi connectivity index (χ4v) is 1.45. The van der Waals surface area contributed by atoms with Crippen LogP contribution in [0.1, 0.15) is 47.5 Å². The van der Waals surface area contributed by atoms with Gasteiger partial charge < -0.3 is 25.2 Å². The molecule has 160 valence electrons. The van der Waals surface area contributed by atoms with Gasteiger partial charge in [-0.25, -0.2) is 0 Å². The third kappa shape index (κ3) is 29.0. The molecule has 0 aromatic carbocycles. The molecule has 0 spiro atoms. The van der Waals surface area contributed by atoms with Crippen LogP contribution in [0.2, 0.25) is 0 Å². The highest BCUT2D eigenvalue weighted by Crippen LogP contribution is 1.92. The normalized spacial score (nSPS) is 9.26. The van der Waals surface area contributed by atoms with Crippen molar-refractivity contribution in [1.82, 2.24) is 10.6 Å². The Morgan fingerprint density at radius 1 is 1.00 bits per heavy atom. The molecule has 0 aromatic rings. The number of carboxylic acid groups (broad SMARTS) is 1. The highest BCUT2D eigenvalue weighted by atomic mass is 16.5. The number of nitrogens with one attached hydrogen (secondary N) is 2. The van der Waals surface area contributed by atoms with E-state index in [9.17, 15) is 14.4 Å². The second kappa shape index (κ2) is 24.0. The van der Waals surface area contributed by atoms with Crippen molar-refractivity contribution in [1.29, 1.82) is 0 Å². The summed E-state index contributed by atoms with van der Waals surface area (Å²) in [5.74, 6) is -0.113. The molecule has 0 aromatic heterocycles. The fraction of sp³-hybridized carbons (Fsp3) is 0.778. The van der Waals surface area contributed by atoms with E-state index in [0.717, 1.165) is 0 Å². The van der Waals surface area contributed by atoms with Crippen LogP contribution in [0.3, 0.4) is 0 Å². The van der Waals surface area contributed by atoms with Crippen LogP contribution in [0.4, 0.5) is 0 Å². The number of ketones is 1. The van der Waals surface area contributed by atoms with Gasteiger partial charge in [0, 0.05) is 25.4 Å². The molecule has 0 saturated carbocycles. The van der Waals surface area contributed by atoms with Crippen molar-refractivity contribution in [2.45, 2.75) is 47.5 Å². The molecule has 0 unspecified atom stereocenters. The minimum atomic E-state index is -0.250. The zero-order chi connectivity index (χ0) is 21.5. The second-order valence-corrected chi connectivity index (χ2v) is 5.37. The number of amides is 2. The van der Waals surface area contributed by atoms with E-state index in [1.165, 1.54) is 6.92 Å². The number of Topliss-reactive ketones (excluding diaryl/α,β-unsaturated/α-hetero) is 1. The van der Waals surface area contributed by atoms with Gasteiger partial charge in [-0.3, -0.25) is 19.2 Å². The van der Waals surface area contributed by atoms with Crippen LogP contribution in [0.15, 0.2) is 0 Å². The number of carbonyl (C=O) groups excluding carboxylic acids is 3. The molecule has 0 radical (unpaired) electrons. The van der Waals surface area contributed by atoms with E-state index >= 15 is 0 Å². The van der Waals surface area contributed by atoms with E-state index in [1.54, 1.807) is 0 Å². The molecule has 0 atom stereocenters. The lowest BCUT2D eigenvalue weighted by atomic mass is 10.2. The smallest absolute Gasteiger partial charge is 0.290 e. The minimum absolute atomic E-state index is 0.000741. The fourth-order valence-electron chi connectivity index (χ4n) is 1.45. The van der Waals surface area contributed by atoms with E-state index in [0.29, 0.717) is 45.8 Å². The molecule has 9 nitrogen and oxygen atoms in total. The Bertz CT molecular complexity index is 388. The standard InChI is InChI=1S/C15H28N2O5.C2H6.CH2O2/c1-12(2)15(20)17-6-4-5-14(19)16-7-8-21-9-10-22-11-13(3)18;1-2;2-1-3/h12H,4-11H2,1-3H3,(H,16,19)(H,17,20);1-2H3;1H,(H,2,3). The van der Waals surface area contributed by atoms with Gasteiger partial charge in [-0.15, -0.1) is 0 Å². The number of hydrogen-bond acceptors (Lipinski definition) is 6. The first kappa shape index (κ1) is 29.8. The maximum Gasteiger partial charge on any atom is 0.290 e. The molecule has 0 fully saturated rings. The Kier molecular flexibility index (Phi) is 26.4. The van der Waals surface area contributed by atoms with Crippen LogP contribution in [-0.2, 0) is 28.7 Å². The average molecular weight is 392 g/mol. The molecule has 0 heterocycles. The van der Waals surface area contributed by atoms with Crippen molar-refractivity contribution in [3.8, 4) is 0 Å². The van der Waals surface area contributed by atoms with Crippen molar-refractivity contribution in [2.24, 2.45) is 5.92 Å². The lowest BCUT2D eigenvalue weighted by molar-refractivity contribution is -0.125. The molecule has 0 bridgehead atoms. The number of hydrogen-bond donors (Lipinski definition) is 3. The summed E-state index contributed by atoms with van der Waals surface area (Å²) in [5, 5.41) is 12.4. The van der Waals surface area contributed by atoms with Gasteiger partial charge in [-0.1, -0.05) is 27.7 Å². The first-order chi connectivity index (χ1) is 12.8. The van der Waals surface area contributed by atoms with Gasteiger partial charge in [-0.2, -0.15) is 0 Å². The summed E-state index contributed by atoms with van der Waals surface area (Å²) in [6, 6.07) is 0. The highest BCUT2D eigenvalue weighted by Gasteiger charge is 2.06. The van der Waals surface area contributed by atoms with E-state index in [-0.39, 0.29) is 36.6 Å². The summed E-state index contributed by atoms with van der Waals surface area (Å²) < 4.78 is 10.3. The first-order valence-electron chi connectivity index (χ1n) is 9.12. The Morgan fingerprint density at radius 2 is 1.56 bits per heavy atom. The number of carbonyl (C=O) groups is 4. The molecular weight excluding hydrogens is 356 g/mol. The second-order valence-electron chi connectivity index (χ2n) is 5.37.